The van der Waals surface area contributed by atoms with Crippen LogP contribution in [0.3, 0.4) is 0 Å². The van der Waals surface area contributed by atoms with E-state index in [-0.39, 0.29) is 5.56 Å². The number of hydrogen-bond acceptors (Lipinski definition) is 2. The van der Waals surface area contributed by atoms with Gasteiger partial charge in [0.1, 0.15) is 18.2 Å². The Labute approximate surface area is 137 Å². The largest absolute Gasteiger partial charge is 0.492 e. The standard InChI is InChI=1S/C17H17BrFNO2/c1-11-7-12(2)9-14(8-11)22-6-5-20-17(21)15-10-13(18)3-4-16(15)19/h3-4,7-10H,5-6H2,1-2H3,(H,20,21). The molecule has 3 nitrogen and oxygen atoms in total. The van der Waals surface area contributed by atoms with E-state index < -0.39 is 11.7 Å². The number of rotatable bonds is 5. The van der Waals surface area contributed by atoms with Gasteiger partial charge in [-0.15, -0.1) is 0 Å². The van der Waals surface area contributed by atoms with Gasteiger partial charge in [-0.1, -0.05) is 22.0 Å². The van der Waals surface area contributed by atoms with E-state index in [0.29, 0.717) is 17.6 Å². The highest BCUT2D eigenvalue weighted by Crippen LogP contribution is 2.16. The molecule has 0 aromatic heterocycles. The molecule has 1 amide bonds. The molecule has 5 heteroatoms. The van der Waals surface area contributed by atoms with Gasteiger partial charge < -0.3 is 10.1 Å². The molecule has 0 fully saturated rings. The van der Waals surface area contributed by atoms with E-state index in [4.69, 9.17) is 4.74 Å². The molecule has 0 aliphatic heterocycles. The number of hydrogen-bond donors (Lipinski definition) is 1. The quantitative estimate of drug-likeness (QED) is 0.812. The number of carbonyl (C=O) groups is 1. The first-order valence-corrected chi connectivity index (χ1v) is 7.69. The number of benzene rings is 2. The molecule has 0 radical (unpaired) electrons. The average Bonchev–Trinajstić information content (AvgIpc) is 2.45. The van der Waals surface area contributed by atoms with Gasteiger partial charge in [-0.2, -0.15) is 0 Å². The lowest BCUT2D eigenvalue weighted by Gasteiger charge is -2.10. The van der Waals surface area contributed by atoms with E-state index in [1.807, 2.05) is 26.0 Å². The van der Waals surface area contributed by atoms with Crippen molar-refractivity contribution in [1.82, 2.24) is 5.32 Å². The summed E-state index contributed by atoms with van der Waals surface area (Å²) in [6, 6.07) is 10.2. The second-order valence-electron chi connectivity index (χ2n) is 5.05. The molecule has 0 bridgehead atoms. The Morgan fingerprint density at radius 3 is 2.55 bits per heavy atom. The maximum atomic E-state index is 13.6. The SMILES string of the molecule is Cc1cc(C)cc(OCCNC(=O)c2cc(Br)ccc2F)c1. The van der Waals surface area contributed by atoms with Crippen LogP contribution in [0, 0.1) is 19.7 Å². The predicted octanol–water partition coefficient (Wildman–Crippen LogP) is 4.01. The summed E-state index contributed by atoms with van der Waals surface area (Å²) in [6.45, 7) is 4.62. The summed E-state index contributed by atoms with van der Waals surface area (Å²) in [5.74, 6) is -0.237. The summed E-state index contributed by atoms with van der Waals surface area (Å²) >= 11 is 3.22. The number of carbonyl (C=O) groups excluding carboxylic acids is 1. The van der Waals surface area contributed by atoms with Crippen molar-refractivity contribution in [2.75, 3.05) is 13.2 Å². The number of halogens is 2. The molecule has 0 spiro atoms. The number of ether oxygens (including phenoxy) is 1. The second-order valence-corrected chi connectivity index (χ2v) is 5.97. The van der Waals surface area contributed by atoms with Crippen molar-refractivity contribution >= 4 is 21.8 Å². The van der Waals surface area contributed by atoms with Crippen LogP contribution in [0.15, 0.2) is 40.9 Å². The van der Waals surface area contributed by atoms with Gasteiger partial charge in [0.25, 0.3) is 5.91 Å². The van der Waals surface area contributed by atoms with Crippen LogP contribution in [0.5, 0.6) is 5.75 Å². The van der Waals surface area contributed by atoms with Crippen molar-refractivity contribution in [1.29, 1.82) is 0 Å². The molecule has 0 atom stereocenters. The molecule has 1 N–H and O–H groups in total. The Kier molecular flexibility index (Phi) is 5.55. The Bertz CT molecular complexity index is 668. The normalized spacial score (nSPS) is 10.4. The third-order valence-corrected chi connectivity index (χ3v) is 3.52. The minimum absolute atomic E-state index is 0.0146. The minimum Gasteiger partial charge on any atom is -0.492 e. The van der Waals surface area contributed by atoms with Gasteiger partial charge >= 0.3 is 0 Å². The first-order valence-electron chi connectivity index (χ1n) is 6.90. The molecule has 116 valence electrons. The molecule has 0 aliphatic carbocycles. The van der Waals surface area contributed by atoms with Gasteiger partial charge in [0.05, 0.1) is 12.1 Å². The third kappa shape index (κ3) is 4.56. The Hall–Kier alpha value is -1.88. The second kappa shape index (κ2) is 7.40. The van der Waals surface area contributed by atoms with Crippen molar-refractivity contribution in [3.63, 3.8) is 0 Å². The van der Waals surface area contributed by atoms with Crippen molar-refractivity contribution < 1.29 is 13.9 Å². The lowest BCUT2D eigenvalue weighted by atomic mass is 10.1. The Morgan fingerprint density at radius 2 is 1.86 bits per heavy atom. The van der Waals surface area contributed by atoms with Crippen molar-refractivity contribution in [2.45, 2.75) is 13.8 Å². The summed E-state index contributed by atoms with van der Waals surface area (Å²) in [7, 11) is 0. The molecular formula is C17H17BrFNO2. The zero-order valence-electron chi connectivity index (χ0n) is 12.5. The summed E-state index contributed by atoms with van der Waals surface area (Å²) in [6.07, 6.45) is 0. The van der Waals surface area contributed by atoms with E-state index in [2.05, 4.69) is 27.3 Å². The van der Waals surface area contributed by atoms with E-state index in [1.54, 1.807) is 6.07 Å². The highest BCUT2D eigenvalue weighted by Gasteiger charge is 2.11. The molecule has 2 aromatic rings. The minimum atomic E-state index is -0.545. The first-order chi connectivity index (χ1) is 10.5. The van der Waals surface area contributed by atoms with E-state index in [1.165, 1.54) is 12.1 Å². The fourth-order valence-electron chi connectivity index (χ4n) is 2.12. The van der Waals surface area contributed by atoms with Gasteiger partial charge in [0.2, 0.25) is 0 Å². The Morgan fingerprint density at radius 1 is 1.18 bits per heavy atom. The highest BCUT2D eigenvalue weighted by molar-refractivity contribution is 9.10. The van der Waals surface area contributed by atoms with Crippen LogP contribution in [-0.2, 0) is 0 Å². The topological polar surface area (TPSA) is 38.3 Å². The van der Waals surface area contributed by atoms with Crippen molar-refractivity contribution in [3.8, 4) is 5.75 Å². The third-order valence-electron chi connectivity index (χ3n) is 3.02. The van der Waals surface area contributed by atoms with E-state index in [0.717, 1.165) is 16.9 Å². The maximum absolute atomic E-state index is 13.6. The first kappa shape index (κ1) is 16.5. The molecule has 0 saturated heterocycles. The van der Waals surface area contributed by atoms with Crippen LogP contribution < -0.4 is 10.1 Å². The number of nitrogens with one attached hydrogen (secondary N) is 1. The highest BCUT2D eigenvalue weighted by atomic mass is 79.9. The summed E-state index contributed by atoms with van der Waals surface area (Å²) in [5.41, 5.74) is 2.26. The predicted molar refractivity (Wildman–Crippen MR) is 87.8 cm³/mol. The van der Waals surface area contributed by atoms with Crippen LogP contribution in [0.2, 0.25) is 0 Å². The van der Waals surface area contributed by atoms with Gasteiger partial charge in [0, 0.05) is 4.47 Å². The van der Waals surface area contributed by atoms with Crippen LogP contribution in [0.1, 0.15) is 21.5 Å². The maximum Gasteiger partial charge on any atom is 0.254 e. The molecule has 0 heterocycles. The number of amides is 1. The summed E-state index contributed by atoms with van der Waals surface area (Å²) in [5, 5.41) is 2.64. The van der Waals surface area contributed by atoms with Gasteiger partial charge in [0.15, 0.2) is 0 Å². The summed E-state index contributed by atoms with van der Waals surface area (Å²) < 4.78 is 19.8. The summed E-state index contributed by atoms with van der Waals surface area (Å²) in [4.78, 5) is 11.9. The van der Waals surface area contributed by atoms with Gasteiger partial charge in [-0.05, 0) is 55.3 Å². The van der Waals surface area contributed by atoms with Crippen molar-refractivity contribution in [3.05, 3.63) is 63.4 Å². The average molecular weight is 366 g/mol. The van der Waals surface area contributed by atoms with Crippen LogP contribution >= 0.6 is 15.9 Å². The Balaban J connectivity index is 1.86. The smallest absolute Gasteiger partial charge is 0.254 e. The monoisotopic (exact) mass is 365 g/mol. The van der Waals surface area contributed by atoms with Crippen LogP contribution in [0.4, 0.5) is 4.39 Å². The molecule has 0 saturated carbocycles. The number of aryl methyl sites for hydroxylation is 2. The lowest BCUT2D eigenvalue weighted by Crippen LogP contribution is -2.28. The molecule has 22 heavy (non-hydrogen) atoms. The molecule has 0 unspecified atom stereocenters. The molecule has 0 aliphatic rings. The van der Waals surface area contributed by atoms with Crippen LogP contribution in [-0.4, -0.2) is 19.1 Å². The lowest BCUT2D eigenvalue weighted by molar-refractivity contribution is 0.0943. The van der Waals surface area contributed by atoms with E-state index >= 15 is 0 Å². The fraction of sp³-hybridized carbons (Fsp3) is 0.235. The zero-order chi connectivity index (χ0) is 16.1. The van der Waals surface area contributed by atoms with E-state index in [9.17, 15) is 9.18 Å². The fourth-order valence-corrected chi connectivity index (χ4v) is 2.48. The molecular weight excluding hydrogens is 349 g/mol. The molecule has 2 rings (SSSR count). The van der Waals surface area contributed by atoms with Gasteiger partial charge in [-0.3, -0.25) is 4.79 Å². The van der Waals surface area contributed by atoms with Crippen LogP contribution in [0.25, 0.3) is 0 Å². The van der Waals surface area contributed by atoms with Crippen molar-refractivity contribution in [2.24, 2.45) is 0 Å². The molecule has 2 aromatic carbocycles. The zero-order valence-corrected chi connectivity index (χ0v) is 14.0. The van der Waals surface area contributed by atoms with Gasteiger partial charge in [-0.25, -0.2) is 4.39 Å².